The lowest BCUT2D eigenvalue weighted by Crippen LogP contribution is -2.06. The highest BCUT2D eigenvalue weighted by atomic mass is 32.2. The number of hydrogen-bond donors (Lipinski definition) is 1. The fourth-order valence-electron chi connectivity index (χ4n) is 1.91. The first-order valence-electron chi connectivity index (χ1n) is 6.75. The number of hydrogen-bond acceptors (Lipinski definition) is 5. The van der Waals surface area contributed by atoms with Gasteiger partial charge in [0.15, 0.2) is 0 Å². The van der Waals surface area contributed by atoms with E-state index in [1.807, 2.05) is 25.1 Å². The van der Waals surface area contributed by atoms with Crippen LogP contribution >= 0.6 is 11.8 Å². The van der Waals surface area contributed by atoms with Gasteiger partial charge in [-0.05, 0) is 24.1 Å². The summed E-state index contributed by atoms with van der Waals surface area (Å²) in [5.74, 6) is 0.678. The minimum absolute atomic E-state index is 0.135. The van der Waals surface area contributed by atoms with E-state index < -0.39 is 0 Å². The van der Waals surface area contributed by atoms with E-state index in [2.05, 4.69) is 10.3 Å². The second-order valence-electron chi connectivity index (χ2n) is 4.47. The highest BCUT2D eigenvalue weighted by molar-refractivity contribution is 7.98. The van der Waals surface area contributed by atoms with Gasteiger partial charge in [-0.3, -0.25) is 15.1 Å². The number of nitro benzene ring substituents is 1. The van der Waals surface area contributed by atoms with Gasteiger partial charge in [0.25, 0.3) is 5.69 Å². The molecule has 0 aliphatic carbocycles. The third-order valence-electron chi connectivity index (χ3n) is 2.92. The molecule has 0 saturated carbocycles. The highest BCUT2D eigenvalue weighted by Crippen LogP contribution is 2.32. The molecule has 0 aliphatic heterocycles. The van der Waals surface area contributed by atoms with Gasteiger partial charge in [-0.25, -0.2) is 0 Å². The quantitative estimate of drug-likeness (QED) is 0.474. The SMILES string of the molecule is CCCNc1c(CSc2ccncc2)cccc1[N+](=O)[O-]. The Labute approximate surface area is 127 Å². The summed E-state index contributed by atoms with van der Waals surface area (Å²) in [5.41, 5.74) is 1.71. The number of para-hydroxylation sites is 1. The first-order chi connectivity index (χ1) is 10.2. The minimum atomic E-state index is -0.335. The molecule has 1 aromatic heterocycles. The molecule has 110 valence electrons. The van der Waals surface area contributed by atoms with Gasteiger partial charge >= 0.3 is 0 Å². The summed E-state index contributed by atoms with van der Waals surface area (Å²) in [4.78, 5) is 15.9. The van der Waals surface area contributed by atoms with Crippen LogP contribution in [0.2, 0.25) is 0 Å². The Bertz CT molecular complexity index is 605. The second kappa shape index (κ2) is 7.64. The molecule has 21 heavy (non-hydrogen) atoms. The van der Waals surface area contributed by atoms with Crippen molar-refractivity contribution in [2.24, 2.45) is 0 Å². The van der Waals surface area contributed by atoms with E-state index in [-0.39, 0.29) is 10.6 Å². The van der Waals surface area contributed by atoms with Gasteiger partial charge in [0.05, 0.1) is 4.92 Å². The fourth-order valence-corrected chi connectivity index (χ4v) is 2.79. The van der Waals surface area contributed by atoms with E-state index in [1.54, 1.807) is 36.3 Å². The first kappa shape index (κ1) is 15.3. The van der Waals surface area contributed by atoms with Crippen molar-refractivity contribution >= 4 is 23.1 Å². The van der Waals surface area contributed by atoms with Crippen molar-refractivity contribution in [2.75, 3.05) is 11.9 Å². The van der Waals surface area contributed by atoms with Crippen molar-refractivity contribution in [1.29, 1.82) is 0 Å². The predicted molar refractivity (Wildman–Crippen MR) is 85.7 cm³/mol. The lowest BCUT2D eigenvalue weighted by Gasteiger charge is -2.11. The zero-order chi connectivity index (χ0) is 15.1. The average Bonchev–Trinajstić information content (AvgIpc) is 2.52. The number of nitro groups is 1. The summed E-state index contributed by atoms with van der Waals surface area (Å²) in [7, 11) is 0. The van der Waals surface area contributed by atoms with Crippen LogP contribution in [0, 0.1) is 10.1 Å². The van der Waals surface area contributed by atoms with Gasteiger partial charge in [-0.15, -0.1) is 11.8 Å². The van der Waals surface area contributed by atoms with Gasteiger partial charge < -0.3 is 5.32 Å². The summed E-state index contributed by atoms with van der Waals surface area (Å²) in [5, 5.41) is 14.3. The topological polar surface area (TPSA) is 68.1 Å². The Balaban J connectivity index is 2.21. The van der Waals surface area contributed by atoms with Crippen molar-refractivity contribution in [3.63, 3.8) is 0 Å². The summed E-state index contributed by atoms with van der Waals surface area (Å²) in [6.45, 7) is 2.75. The van der Waals surface area contributed by atoms with Crippen LogP contribution in [0.3, 0.4) is 0 Å². The van der Waals surface area contributed by atoms with Crippen LogP contribution in [-0.4, -0.2) is 16.5 Å². The van der Waals surface area contributed by atoms with Crippen LogP contribution in [0.25, 0.3) is 0 Å². The molecule has 0 fully saturated rings. The van der Waals surface area contributed by atoms with Crippen molar-refractivity contribution in [3.8, 4) is 0 Å². The highest BCUT2D eigenvalue weighted by Gasteiger charge is 2.16. The minimum Gasteiger partial charge on any atom is -0.379 e. The molecule has 0 radical (unpaired) electrons. The molecule has 2 aromatic rings. The maximum absolute atomic E-state index is 11.2. The number of aromatic nitrogens is 1. The van der Waals surface area contributed by atoms with E-state index in [0.717, 1.165) is 23.4 Å². The smallest absolute Gasteiger partial charge is 0.292 e. The van der Waals surface area contributed by atoms with Gasteiger partial charge in [-0.2, -0.15) is 0 Å². The van der Waals surface area contributed by atoms with Crippen molar-refractivity contribution in [2.45, 2.75) is 24.0 Å². The fraction of sp³-hybridized carbons (Fsp3) is 0.267. The number of nitrogens with one attached hydrogen (secondary N) is 1. The zero-order valence-electron chi connectivity index (χ0n) is 11.8. The van der Waals surface area contributed by atoms with E-state index in [4.69, 9.17) is 0 Å². The number of benzene rings is 1. The molecule has 1 N–H and O–H groups in total. The molecule has 6 heteroatoms. The Morgan fingerprint density at radius 3 is 2.71 bits per heavy atom. The van der Waals surface area contributed by atoms with Crippen LogP contribution < -0.4 is 5.32 Å². The third-order valence-corrected chi connectivity index (χ3v) is 3.98. The lowest BCUT2D eigenvalue weighted by atomic mass is 10.1. The molecule has 0 amide bonds. The van der Waals surface area contributed by atoms with E-state index >= 15 is 0 Å². The van der Waals surface area contributed by atoms with Crippen LogP contribution in [0.1, 0.15) is 18.9 Å². The normalized spacial score (nSPS) is 10.3. The average molecular weight is 303 g/mol. The zero-order valence-corrected chi connectivity index (χ0v) is 12.6. The Hall–Kier alpha value is -2.08. The van der Waals surface area contributed by atoms with Gasteiger partial charge in [0.1, 0.15) is 5.69 Å². The number of pyridine rings is 1. The van der Waals surface area contributed by atoms with Crippen molar-refractivity contribution in [1.82, 2.24) is 4.98 Å². The first-order valence-corrected chi connectivity index (χ1v) is 7.74. The van der Waals surface area contributed by atoms with Gasteiger partial charge in [0, 0.05) is 35.7 Å². The predicted octanol–water partition coefficient (Wildman–Crippen LogP) is 4.10. The van der Waals surface area contributed by atoms with Crippen LogP contribution in [0.5, 0.6) is 0 Å². The Kier molecular flexibility index (Phi) is 5.57. The second-order valence-corrected chi connectivity index (χ2v) is 5.52. The molecule has 0 aliphatic rings. The van der Waals surface area contributed by atoms with Crippen molar-refractivity contribution in [3.05, 3.63) is 58.4 Å². The van der Waals surface area contributed by atoms with Crippen molar-refractivity contribution < 1.29 is 4.92 Å². The molecule has 0 bridgehead atoms. The Morgan fingerprint density at radius 1 is 1.29 bits per heavy atom. The number of nitrogens with zero attached hydrogens (tertiary/aromatic N) is 2. The maximum Gasteiger partial charge on any atom is 0.292 e. The standard InChI is InChI=1S/C15H17N3O2S/c1-2-8-17-15-12(4-3-5-14(15)18(19)20)11-21-13-6-9-16-10-7-13/h3-7,9-10,17H,2,8,11H2,1H3. The van der Waals surface area contributed by atoms with E-state index in [0.29, 0.717) is 11.4 Å². The number of anilines is 1. The van der Waals surface area contributed by atoms with Crippen LogP contribution in [0.4, 0.5) is 11.4 Å². The summed E-state index contributed by atoms with van der Waals surface area (Å²) >= 11 is 1.64. The number of rotatable bonds is 7. The third kappa shape index (κ3) is 4.19. The molecule has 0 unspecified atom stereocenters. The summed E-state index contributed by atoms with van der Waals surface area (Å²) in [6, 6.07) is 9.07. The molecular weight excluding hydrogens is 286 g/mol. The maximum atomic E-state index is 11.2. The van der Waals surface area contributed by atoms with Crippen LogP contribution in [0.15, 0.2) is 47.6 Å². The van der Waals surface area contributed by atoms with Gasteiger partial charge in [0.2, 0.25) is 0 Å². The molecule has 5 nitrogen and oxygen atoms in total. The largest absolute Gasteiger partial charge is 0.379 e. The summed E-state index contributed by atoms with van der Waals surface area (Å²) < 4.78 is 0. The molecule has 0 saturated heterocycles. The van der Waals surface area contributed by atoms with Gasteiger partial charge in [-0.1, -0.05) is 19.1 Å². The monoisotopic (exact) mass is 303 g/mol. The molecule has 2 rings (SSSR count). The lowest BCUT2D eigenvalue weighted by molar-refractivity contribution is -0.384. The van der Waals surface area contributed by atoms with E-state index in [1.165, 1.54) is 0 Å². The molecule has 0 spiro atoms. The summed E-state index contributed by atoms with van der Waals surface area (Å²) in [6.07, 6.45) is 4.40. The van der Waals surface area contributed by atoms with Crippen LogP contribution in [-0.2, 0) is 5.75 Å². The molecule has 0 atom stereocenters. The van der Waals surface area contributed by atoms with E-state index in [9.17, 15) is 10.1 Å². The Morgan fingerprint density at radius 2 is 2.05 bits per heavy atom. The molecular formula is C15H17N3O2S. The molecule has 1 aromatic carbocycles. The molecule has 1 heterocycles. The number of thioether (sulfide) groups is 1.